The van der Waals surface area contributed by atoms with Crippen LogP contribution in [0.5, 0.6) is 0 Å². The molecule has 0 saturated carbocycles. The molecule has 0 bridgehead atoms. The summed E-state index contributed by atoms with van der Waals surface area (Å²) >= 11 is 6.01. The summed E-state index contributed by atoms with van der Waals surface area (Å²) < 4.78 is 0. The molecule has 4 rings (SSSR count). The number of hydrogen-bond acceptors (Lipinski definition) is 4. The number of nitrogens with two attached hydrogens (primary N) is 2. The van der Waals surface area contributed by atoms with E-state index in [0.29, 0.717) is 16.1 Å². The highest BCUT2D eigenvalue weighted by molar-refractivity contribution is 6.32. The lowest BCUT2D eigenvalue weighted by molar-refractivity contribution is -0.128. The minimum Gasteiger partial charge on any atom is -0.368 e. The van der Waals surface area contributed by atoms with Gasteiger partial charge in [0, 0.05) is 5.02 Å². The maximum atomic E-state index is 13.6. The van der Waals surface area contributed by atoms with E-state index in [1.54, 1.807) is 36.4 Å². The number of fused-ring (bicyclic) bond motifs is 1. The van der Waals surface area contributed by atoms with Crippen molar-refractivity contribution < 1.29 is 19.2 Å². The van der Waals surface area contributed by atoms with Crippen molar-refractivity contribution in [3.05, 3.63) is 81.4 Å². The molecule has 2 aliphatic heterocycles. The zero-order chi connectivity index (χ0) is 23.9. The van der Waals surface area contributed by atoms with Gasteiger partial charge in [-0.1, -0.05) is 54.9 Å². The van der Waals surface area contributed by atoms with E-state index in [1.165, 1.54) is 9.80 Å². The minimum atomic E-state index is -0.730. The lowest BCUT2D eigenvalue weighted by Crippen LogP contribution is -2.37. The average molecular weight is 465 g/mol. The topological polar surface area (TPSA) is 127 Å². The first-order chi connectivity index (χ1) is 15.7. The molecule has 0 fully saturated rings. The van der Waals surface area contributed by atoms with Gasteiger partial charge in [-0.05, 0) is 35.2 Å². The van der Waals surface area contributed by atoms with Crippen LogP contribution in [0.15, 0.2) is 59.7 Å². The summed E-state index contributed by atoms with van der Waals surface area (Å²) in [7, 11) is 0. The van der Waals surface area contributed by atoms with Gasteiger partial charge in [-0.2, -0.15) is 0 Å². The Labute approximate surface area is 195 Å². The molecule has 0 unspecified atom stereocenters. The monoisotopic (exact) mass is 464 g/mol. The van der Waals surface area contributed by atoms with Crippen molar-refractivity contribution in [2.24, 2.45) is 11.5 Å². The number of halogens is 1. The Bertz CT molecular complexity index is 1250. The van der Waals surface area contributed by atoms with Crippen LogP contribution in [0.1, 0.15) is 23.6 Å². The summed E-state index contributed by atoms with van der Waals surface area (Å²) in [6, 6.07) is 13.9. The van der Waals surface area contributed by atoms with Gasteiger partial charge in [0.1, 0.15) is 13.1 Å². The van der Waals surface area contributed by atoms with Crippen LogP contribution >= 0.6 is 11.6 Å². The average Bonchev–Trinajstić information content (AvgIpc) is 3.20. The van der Waals surface area contributed by atoms with Gasteiger partial charge in [0.15, 0.2) is 0 Å². The molecule has 0 radical (unpaired) electrons. The highest BCUT2D eigenvalue weighted by atomic mass is 35.5. The third kappa shape index (κ3) is 3.89. The second kappa shape index (κ2) is 8.55. The molecule has 168 valence electrons. The number of carbonyl (C=O) groups excluding carboxylic acids is 4. The molecular weight excluding hydrogens is 444 g/mol. The summed E-state index contributed by atoms with van der Waals surface area (Å²) in [6.45, 7) is 1.21. The van der Waals surface area contributed by atoms with E-state index < -0.39 is 36.7 Å². The smallest absolute Gasteiger partial charge is 0.261 e. The Hall–Kier alpha value is -3.91. The number of nitrogens with zero attached hydrogens (tertiary/aromatic N) is 2. The van der Waals surface area contributed by atoms with Crippen molar-refractivity contribution in [2.75, 3.05) is 13.1 Å². The van der Waals surface area contributed by atoms with Crippen molar-refractivity contribution in [3.8, 4) is 0 Å². The van der Waals surface area contributed by atoms with Crippen LogP contribution in [0.25, 0.3) is 11.4 Å². The van der Waals surface area contributed by atoms with Crippen LogP contribution in [-0.2, 0) is 25.6 Å². The second-order valence-corrected chi connectivity index (χ2v) is 8.16. The van der Waals surface area contributed by atoms with Crippen molar-refractivity contribution in [1.82, 2.24) is 9.80 Å². The third-order valence-corrected chi connectivity index (χ3v) is 5.81. The number of benzene rings is 2. The van der Waals surface area contributed by atoms with Crippen LogP contribution in [0.4, 0.5) is 0 Å². The molecule has 2 aliphatic rings. The summed E-state index contributed by atoms with van der Waals surface area (Å²) in [5.41, 5.74) is 13.7. The molecule has 2 aromatic carbocycles. The first kappa shape index (κ1) is 22.3. The lowest BCUT2D eigenvalue weighted by Gasteiger charge is -2.24. The van der Waals surface area contributed by atoms with Crippen LogP contribution in [0.2, 0.25) is 5.02 Å². The fourth-order valence-corrected chi connectivity index (χ4v) is 4.24. The molecule has 0 spiro atoms. The van der Waals surface area contributed by atoms with Gasteiger partial charge < -0.3 is 11.5 Å². The first-order valence-corrected chi connectivity index (χ1v) is 10.6. The summed E-state index contributed by atoms with van der Waals surface area (Å²) in [5.74, 6) is -2.56. The highest BCUT2D eigenvalue weighted by Gasteiger charge is 2.49. The van der Waals surface area contributed by atoms with E-state index in [1.807, 2.05) is 19.1 Å². The molecule has 2 heterocycles. The molecule has 4 N–H and O–H groups in total. The number of rotatable bonds is 7. The number of primary amides is 2. The fourth-order valence-electron chi connectivity index (χ4n) is 4.12. The Morgan fingerprint density at radius 3 is 1.52 bits per heavy atom. The fraction of sp³-hybridized carbons (Fsp3) is 0.167. The Balaban J connectivity index is 1.99. The van der Waals surface area contributed by atoms with Gasteiger partial charge in [-0.15, -0.1) is 0 Å². The van der Waals surface area contributed by atoms with Crippen molar-refractivity contribution >= 4 is 46.6 Å². The second-order valence-electron chi connectivity index (χ2n) is 7.72. The van der Waals surface area contributed by atoms with Crippen LogP contribution in [0.3, 0.4) is 0 Å². The molecule has 4 amide bonds. The zero-order valence-corrected chi connectivity index (χ0v) is 18.6. The van der Waals surface area contributed by atoms with Gasteiger partial charge in [-0.25, -0.2) is 0 Å². The maximum Gasteiger partial charge on any atom is 0.261 e. The van der Waals surface area contributed by atoms with Crippen molar-refractivity contribution in [3.63, 3.8) is 0 Å². The number of carbonyl (C=O) groups is 4. The molecular formula is C24H21ClN4O4. The van der Waals surface area contributed by atoms with Crippen molar-refractivity contribution in [2.45, 2.75) is 13.3 Å². The molecule has 2 aromatic rings. The van der Waals surface area contributed by atoms with E-state index in [0.717, 1.165) is 12.0 Å². The predicted octanol–water partition coefficient (Wildman–Crippen LogP) is 1.68. The quantitative estimate of drug-likeness (QED) is 0.646. The molecule has 33 heavy (non-hydrogen) atoms. The standard InChI is InChI=1S/C24H21ClN4O4/c1-2-13-3-5-14(6-4-13)21-19-20(24(33)28(21)11-17(26)30)22(15-7-9-16(25)10-8-15)29(23(19)32)12-18(27)31/h3-10H,2,11-12H2,1H3,(H2,26,30)(H2,27,31). The zero-order valence-electron chi connectivity index (χ0n) is 17.8. The van der Waals surface area contributed by atoms with Gasteiger partial charge in [0.05, 0.1) is 22.5 Å². The highest BCUT2D eigenvalue weighted by Crippen LogP contribution is 2.46. The summed E-state index contributed by atoms with van der Waals surface area (Å²) in [6.07, 6.45) is 0.813. The molecule has 0 aliphatic carbocycles. The molecule has 9 heteroatoms. The summed E-state index contributed by atoms with van der Waals surface area (Å²) in [4.78, 5) is 53.1. The minimum absolute atomic E-state index is 0.0967. The SMILES string of the molecule is CCc1ccc(C2=C3C(=O)N(CC(N)=O)C(c4ccc(Cl)cc4)=C3C(=O)N2CC(N)=O)cc1. The first-order valence-electron chi connectivity index (χ1n) is 10.3. The van der Waals surface area contributed by atoms with E-state index in [-0.39, 0.29) is 22.5 Å². The largest absolute Gasteiger partial charge is 0.368 e. The van der Waals surface area contributed by atoms with Gasteiger partial charge in [0.25, 0.3) is 11.8 Å². The van der Waals surface area contributed by atoms with Crippen LogP contribution < -0.4 is 11.5 Å². The molecule has 8 nitrogen and oxygen atoms in total. The summed E-state index contributed by atoms with van der Waals surface area (Å²) in [5, 5.41) is 0.468. The normalized spacial score (nSPS) is 15.6. The van der Waals surface area contributed by atoms with Crippen molar-refractivity contribution in [1.29, 1.82) is 0 Å². The number of hydrogen-bond donors (Lipinski definition) is 2. The molecule has 0 saturated heterocycles. The Morgan fingerprint density at radius 1 is 0.758 bits per heavy atom. The van der Waals surface area contributed by atoms with Gasteiger partial charge in [-0.3, -0.25) is 29.0 Å². The predicted molar refractivity (Wildman–Crippen MR) is 123 cm³/mol. The van der Waals surface area contributed by atoms with E-state index in [9.17, 15) is 19.2 Å². The van der Waals surface area contributed by atoms with E-state index in [4.69, 9.17) is 23.1 Å². The number of aryl methyl sites for hydroxylation is 1. The molecule has 0 atom stereocenters. The van der Waals surface area contributed by atoms with Crippen LogP contribution in [-0.4, -0.2) is 46.5 Å². The Kier molecular flexibility index (Phi) is 5.78. The lowest BCUT2D eigenvalue weighted by atomic mass is 10.0. The maximum absolute atomic E-state index is 13.6. The third-order valence-electron chi connectivity index (χ3n) is 5.56. The number of amides is 4. The Morgan fingerprint density at radius 2 is 1.15 bits per heavy atom. The van der Waals surface area contributed by atoms with Gasteiger partial charge >= 0.3 is 0 Å². The molecule has 0 aromatic heterocycles. The van der Waals surface area contributed by atoms with Crippen LogP contribution in [0, 0.1) is 0 Å². The van der Waals surface area contributed by atoms with E-state index >= 15 is 0 Å². The van der Waals surface area contributed by atoms with Gasteiger partial charge in [0.2, 0.25) is 11.8 Å². The van der Waals surface area contributed by atoms with E-state index in [2.05, 4.69) is 0 Å².